The van der Waals surface area contributed by atoms with Crippen molar-refractivity contribution in [3.8, 4) is 17.2 Å². The summed E-state index contributed by atoms with van der Waals surface area (Å²) in [5, 5.41) is 5.88. The second-order valence-electron chi connectivity index (χ2n) is 9.09. The number of nitrogens with zero attached hydrogens (tertiary/aromatic N) is 2. The molecule has 0 aliphatic carbocycles. The number of aromatic nitrogens is 2. The van der Waals surface area contributed by atoms with Crippen LogP contribution in [0.1, 0.15) is 46.6 Å². The maximum absolute atomic E-state index is 13.0. The fraction of sp³-hybridized carbons (Fsp3) is 0.407. The van der Waals surface area contributed by atoms with Crippen molar-refractivity contribution in [1.29, 1.82) is 0 Å². The van der Waals surface area contributed by atoms with Crippen LogP contribution >= 0.6 is 0 Å². The maximum atomic E-state index is 13.0. The number of halogens is 3. The van der Waals surface area contributed by atoms with Crippen molar-refractivity contribution in [3.05, 3.63) is 65.3 Å². The van der Waals surface area contributed by atoms with Gasteiger partial charge in [-0.1, -0.05) is 6.07 Å². The number of carbonyl (C=O) groups excluding carboxylic acids is 2. The van der Waals surface area contributed by atoms with Crippen molar-refractivity contribution in [3.63, 3.8) is 0 Å². The molecule has 0 unspecified atom stereocenters. The van der Waals surface area contributed by atoms with Gasteiger partial charge in [-0.25, -0.2) is 9.78 Å². The number of piperidine rings is 1. The van der Waals surface area contributed by atoms with E-state index in [4.69, 9.17) is 9.15 Å². The number of hydrogen-bond donors (Lipinski definition) is 2. The fourth-order valence-electron chi connectivity index (χ4n) is 4.10. The molecule has 12 heteroatoms. The van der Waals surface area contributed by atoms with Crippen LogP contribution in [0.4, 0.5) is 13.2 Å². The standard InChI is InChI=1S/C27H29F3N4O5/c1-17-22(5-3-13-37-20-8-11-31-12-9-20)34-25(38-17)19-6-7-21(23(14-19)39-26(36)27(28,29)30)24(35)33-16-18-4-2-10-32-15-18/h2,4,6-7,10,14-15,20,31H,3,5,8-9,11-13,16H2,1H3,(H,33,35). The first-order chi connectivity index (χ1) is 18.7. The molecule has 0 atom stereocenters. The highest BCUT2D eigenvalue weighted by molar-refractivity contribution is 5.98. The first-order valence-corrected chi connectivity index (χ1v) is 12.6. The van der Waals surface area contributed by atoms with Gasteiger partial charge in [-0.15, -0.1) is 0 Å². The Morgan fingerprint density at radius 1 is 1.21 bits per heavy atom. The van der Waals surface area contributed by atoms with Gasteiger partial charge in [0.05, 0.1) is 17.4 Å². The van der Waals surface area contributed by atoms with E-state index in [0.717, 1.165) is 38.4 Å². The summed E-state index contributed by atoms with van der Waals surface area (Å²) in [4.78, 5) is 32.8. The van der Waals surface area contributed by atoms with Crippen molar-refractivity contribution < 1.29 is 36.7 Å². The second-order valence-corrected chi connectivity index (χ2v) is 9.09. The predicted molar refractivity (Wildman–Crippen MR) is 134 cm³/mol. The zero-order valence-corrected chi connectivity index (χ0v) is 21.3. The van der Waals surface area contributed by atoms with Gasteiger partial charge in [0.2, 0.25) is 5.89 Å². The largest absolute Gasteiger partial charge is 0.491 e. The van der Waals surface area contributed by atoms with E-state index >= 15 is 0 Å². The Morgan fingerprint density at radius 2 is 2.00 bits per heavy atom. The van der Waals surface area contributed by atoms with Crippen LogP contribution in [0.15, 0.2) is 47.1 Å². The maximum Gasteiger partial charge on any atom is 0.491 e. The number of nitrogens with one attached hydrogen (secondary N) is 2. The molecule has 0 bridgehead atoms. The average Bonchev–Trinajstić information content (AvgIpc) is 3.30. The summed E-state index contributed by atoms with van der Waals surface area (Å²) in [6, 6.07) is 7.28. The Hall–Kier alpha value is -3.77. The van der Waals surface area contributed by atoms with Gasteiger partial charge in [0.15, 0.2) is 0 Å². The Morgan fingerprint density at radius 3 is 2.72 bits per heavy atom. The van der Waals surface area contributed by atoms with E-state index in [2.05, 4.69) is 25.3 Å². The van der Waals surface area contributed by atoms with E-state index in [1.54, 1.807) is 25.3 Å². The van der Waals surface area contributed by atoms with Crippen molar-refractivity contribution in [1.82, 2.24) is 20.6 Å². The molecule has 1 aromatic carbocycles. The lowest BCUT2D eigenvalue weighted by atomic mass is 10.1. The number of amides is 1. The third kappa shape index (κ3) is 7.87. The number of carbonyl (C=O) groups is 2. The molecule has 1 amide bonds. The van der Waals surface area contributed by atoms with Crippen LogP contribution in [0.25, 0.3) is 11.5 Å². The monoisotopic (exact) mass is 546 g/mol. The minimum atomic E-state index is -5.25. The summed E-state index contributed by atoms with van der Waals surface area (Å²) in [5.41, 5.74) is 1.37. The van der Waals surface area contributed by atoms with Crippen LogP contribution in [0.3, 0.4) is 0 Å². The van der Waals surface area contributed by atoms with Crippen LogP contribution in [0.2, 0.25) is 0 Å². The second kappa shape index (κ2) is 12.9. The molecule has 1 saturated heterocycles. The van der Waals surface area contributed by atoms with Gasteiger partial charge < -0.3 is 24.5 Å². The Labute approximate surface area is 223 Å². The summed E-state index contributed by atoms with van der Waals surface area (Å²) < 4.78 is 55.1. The lowest BCUT2D eigenvalue weighted by Gasteiger charge is -2.22. The summed E-state index contributed by atoms with van der Waals surface area (Å²) >= 11 is 0. The normalized spacial score (nSPS) is 14.3. The fourth-order valence-corrected chi connectivity index (χ4v) is 4.10. The number of ether oxygens (including phenoxy) is 2. The highest BCUT2D eigenvalue weighted by Gasteiger charge is 2.42. The summed E-state index contributed by atoms with van der Waals surface area (Å²) in [7, 11) is 0. The highest BCUT2D eigenvalue weighted by atomic mass is 19.4. The number of oxazole rings is 1. The Kier molecular flexibility index (Phi) is 9.31. The minimum absolute atomic E-state index is 0.0741. The van der Waals surface area contributed by atoms with E-state index < -0.39 is 23.8 Å². The molecule has 3 aromatic rings. The van der Waals surface area contributed by atoms with Gasteiger partial charge in [0.25, 0.3) is 5.91 Å². The summed E-state index contributed by atoms with van der Waals surface area (Å²) in [6.45, 7) is 4.28. The number of aryl methyl sites for hydroxylation is 2. The van der Waals surface area contributed by atoms with Crippen molar-refractivity contribution in [2.75, 3.05) is 19.7 Å². The average molecular weight is 547 g/mol. The van der Waals surface area contributed by atoms with Crippen LogP contribution in [-0.2, 0) is 22.5 Å². The number of hydrogen-bond acceptors (Lipinski definition) is 8. The van der Waals surface area contributed by atoms with Crippen molar-refractivity contribution in [2.45, 2.75) is 51.4 Å². The third-order valence-electron chi connectivity index (χ3n) is 6.17. The number of pyridine rings is 1. The number of esters is 1. The molecule has 2 N–H and O–H groups in total. The van der Waals surface area contributed by atoms with Gasteiger partial charge in [-0.3, -0.25) is 9.78 Å². The van der Waals surface area contributed by atoms with E-state index in [9.17, 15) is 22.8 Å². The molecule has 1 aliphatic rings. The quantitative estimate of drug-likeness (QED) is 0.222. The Bertz CT molecular complexity index is 1270. The van der Waals surface area contributed by atoms with Gasteiger partial charge in [0.1, 0.15) is 11.5 Å². The van der Waals surface area contributed by atoms with Crippen molar-refractivity contribution >= 4 is 11.9 Å². The van der Waals surface area contributed by atoms with Crippen LogP contribution in [-0.4, -0.2) is 53.8 Å². The Balaban J connectivity index is 1.47. The number of rotatable bonds is 10. The van der Waals surface area contributed by atoms with Gasteiger partial charge in [-0.2, -0.15) is 13.2 Å². The molecular formula is C27H29F3N4O5. The molecule has 3 heterocycles. The van der Waals surface area contributed by atoms with Gasteiger partial charge in [-0.05, 0) is 75.5 Å². The van der Waals surface area contributed by atoms with Crippen molar-refractivity contribution in [2.24, 2.45) is 0 Å². The van der Waals surface area contributed by atoms with E-state index in [1.165, 1.54) is 18.3 Å². The number of alkyl halides is 3. The highest BCUT2D eigenvalue weighted by Crippen LogP contribution is 2.30. The predicted octanol–water partition coefficient (Wildman–Crippen LogP) is 4.14. The van der Waals surface area contributed by atoms with Crippen LogP contribution < -0.4 is 15.4 Å². The number of benzene rings is 1. The first kappa shape index (κ1) is 28.2. The lowest BCUT2D eigenvalue weighted by molar-refractivity contribution is -0.189. The molecule has 4 rings (SSSR count). The zero-order valence-electron chi connectivity index (χ0n) is 21.3. The smallest absolute Gasteiger partial charge is 0.441 e. The first-order valence-electron chi connectivity index (χ1n) is 12.6. The topological polar surface area (TPSA) is 116 Å². The molecule has 1 fully saturated rings. The summed E-state index contributed by atoms with van der Waals surface area (Å²) in [6.07, 6.45) is 1.37. The van der Waals surface area contributed by atoms with Gasteiger partial charge in [0, 0.05) is 31.1 Å². The molecular weight excluding hydrogens is 517 g/mol. The van der Waals surface area contributed by atoms with Crippen LogP contribution in [0, 0.1) is 6.92 Å². The molecule has 0 radical (unpaired) electrons. The summed E-state index contributed by atoms with van der Waals surface area (Å²) in [5.74, 6) is -3.05. The molecule has 208 valence electrons. The van der Waals surface area contributed by atoms with Crippen LogP contribution in [0.5, 0.6) is 5.75 Å². The third-order valence-corrected chi connectivity index (χ3v) is 6.17. The molecule has 0 spiro atoms. The molecule has 2 aromatic heterocycles. The van der Waals surface area contributed by atoms with E-state index in [1.807, 2.05) is 0 Å². The molecule has 39 heavy (non-hydrogen) atoms. The van der Waals surface area contributed by atoms with Gasteiger partial charge >= 0.3 is 12.1 Å². The van der Waals surface area contributed by atoms with E-state index in [-0.39, 0.29) is 29.7 Å². The minimum Gasteiger partial charge on any atom is -0.441 e. The SMILES string of the molecule is Cc1oc(-c2ccc(C(=O)NCc3cccnc3)c(OC(=O)C(F)(F)F)c2)nc1CCCOC1CCNCC1. The van der Waals surface area contributed by atoms with E-state index in [0.29, 0.717) is 30.0 Å². The zero-order chi connectivity index (χ0) is 27.8. The lowest BCUT2D eigenvalue weighted by Crippen LogP contribution is -2.32. The molecule has 9 nitrogen and oxygen atoms in total. The molecule has 1 aliphatic heterocycles. The molecule has 0 saturated carbocycles.